The molecule has 0 radical (unpaired) electrons. The van der Waals surface area contributed by atoms with Crippen molar-refractivity contribution in [1.29, 1.82) is 0 Å². The molecule has 108 valence electrons. The summed E-state index contributed by atoms with van der Waals surface area (Å²) in [5, 5.41) is 20.0. The Balaban J connectivity index is 2.45. The number of benzene rings is 1. The Labute approximate surface area is 131 Å². The van der Waals surface area contributed by atoms with E-state index in [0.717, 1.165) is 6.07 Å². The molecule has 0 spiro atoms. The zero-order chi connectivity index (χ0) is 15.6. The van der Waals surface area contributed by atoms with Crippen LogP contribution < -0.4 is 4.74 Å². The first kappa shape index (κ1) is 15.2. The number of carboxylic acid groups (broad SMARTS) is 1. The number of nitrogens with zero attached hydrogens (tertiary/aromatic N) is 2. The van der Waals surface area contributed by atoms with Crippen LogP contribution in [-0.4, -0.2) is 21.0 Å². The number of hydrogen-bond donors (Lipinski definition) is 1. The number of nitro groups is 1. The van der Waals surface area contributed by atoms with Gasteiger partial charge in [-0.1, -0.05) is 11.6 Å². The van der Waals surface area contributed by atoms with E-state index in [1.54, 1.807) is 0 Å². The van der Waals surface area contributed by atoms with Crippen LogP contribution >= 0.6 is 27.5 Å². The minimum Gasteiger partial charge on any atom is -0.478 e. The molecule has 0 aliphatic rings. The Bertz CT molecular complexity index is 738. The lowest BCUT2D eigenvalue weighted by atomic mass is 10.2. The summed E-state index contributed by atoms with van der Waals surface area (Å²) in [6.07, 6.45) is 1.19. The van der Waals surface area contributed by atoms with Crippen molar-refractivity contribution in [2.24, 2.45) is 0 Å². The predicted molar refractivity (Wildman–Crippen MR) is 77.1 cm³/mol. The summed E-state index contributed by atoms with van der Waals surface area (Å²) in [6.45, 7) is 0. The lowest BCUT2D eigenvalue weighted by Crippen LogP contribution is -1.99. The van der Waals surface area contributed by atoms with Gasteiger partial charge in [-0.15, -0.1) is 0 Å². The van der Waals surface area contributed by atoms with Crippen LogP contribution in [0.3, 0.4) is 0 Å². The van der Waals surface area contributed by atoms with Crippen LogP contribution in [0.25, 0.3) is 0 Å². The van der Waals surface area contributed by atoms with Gasteiger partial charge in [0.05, 0.1) is 26.2 Å². The number of aromatic nitrogens is 1. The fourth-order valence-corrected chi connectivity index (χ4v) is 1.92. The molecule has 0 saturated carbocycles. The molecule has 0 atom stereocenters. The minimum absolute atomic E-state index is 0.0233. The monoisotopic (exact) mass is 372 g/mol. The maximum atomic E-state index is 10.9. The number of carbonyl (C=O) groups is 1. The van der Waals surface area contributed by atoms with Gasteiger partial charge >= 0.3 is 11.7 Å². The molecule has 0 bridgehead atoms. The molecule has 0 aliphatic heterocycles. The van der Waals surface area contributed by atoms with Crippen molar-refractivity contribution < 1.29 is 19.6 Å². The number of pyridine rings is 1. The van der Waals surface area contributed by atoms with E-state index in [-0.39, 0.29) is 22.2 Å². The Morgan fingerprint density at radius 2 is 2.14 bits per heavy atom. The Kier molecular flexibility index (Phi) is 4.39. The summed E-state index contributed by atoms with van der Waals surface area (Å²) in [5.41, 5.74) is -0.444. The fraction of sp³-hybridized carbons (Fsp3) is 0. The summed E-state index contributed by atoms with van der Waals surface area (Å²) in [5.74, 6) is -1.34. The van der Waals surface area contributed by atoms with E-state index in [0.29, 0.717) is 4.47 Å². The van der Waals surface area contributed by atoms with Gasteiger partial charge in [0.2, 0.25) is 0 Å². The van der Waals surface area contributed by atoms with Gasteiger partial charge in [-0.2, -0.15) is 0 Å². The van der Waals surface area contributed by atoms with E-state index < -0.39 is 16.6 Å². The summed E-state index contributed by atoms with van der Waals surface area (Å²) >= 11 is 8.82. The third-order valence-electron chi connectivity index (χ3n) is 2.38. The number of ether oxygens (including phenoxy) is 1. The first-order chi connectivity index (χ1) is 9.88. The highest BCUT2D eigenvalue weighted by Crippen LogP contribution is 2.35. The van der Waals surface area contributed by atoms with Crippen LogP contribution in [0.2, 0.25) is 5.02 Å². The van der Waals surface area contributed by atoms with Crippen molar-refractivity contribution in [3.63, 3.8) is 0 Å². The minimum atomic E-state index is -1.15. The second kappa shape index (κ2) is 6.06. The van der Waals surface area contributed by atoms with Crippen LogP contribution in [0.5, 0.6) is 11.6 Å². The maximum Gasteiger partial charge on any atom is 0.335 e. The van der Waals surface area contributed by atoms with Crippen LogP contribution in [-0.2, 0) is 0 Å². The standard InChI is InChI=1S/C12H6BrClN2O5/c13-8-2-1-6(12(17)18)3-10(8)21-11-9(16(19)20)4-7(14)5-15-11/h1-5H,(H,17,18). The second-order valence-electron chi connectivity index (χ2n) is 3.79. The lowest BCUT2D eigenvalue weighted by Gasteiger charge is -2.08. The third-order valence-corrected chi connectivity index (χ3v) is 3.24. The third kappa shape index (κ3) is 3.47. The molecule has 2 aromatic rings. The van der Waals surface area contributed by atoms with Gasteiger partial charge in [-0.25, -0.2) is 9.78 Å². The average Bonchev–Trinajstić information content (AvgIpc) is 2.42. The van der Waals surface area contributed by atoms with E-state index in [9.17, 15) is 14.9 Å². The van der Waals surface area contributed by atoms with Gasteiger partial charge in [0.1, 0.15) is 5.75 Å². The topological polar surface area (TPSA) is 103 Å². The van der Waals surface area contributed by atoms with Gasteiger partial charge in [-0.05, 0) is 34.1 Å². The molecule has 1 heterocycles. The smallest absolute Gasteiger partial charge is 0.335 e. The highest BCUT2D eigenvalue weighted by atomic mass is 79.9. The van der Waals surface area contributed by atoms with E-state index in [2.05, 4.69) is 20.9 Å². The molecule has 0 fully saturated rings. The highest BCUT2D eigenvalue weighted by Gasteiger charge is 2.20. The number of halogens is 2. The second-order valence-corrected chi connectivity index (χ2v) is 5.08. The van der Waals surface area contributed by atoms with Crippen molar-refractivity contribution >= 4 is 39.2 Å². The van der Waals surface area contributed by atoms with E-state index in [1.807, 2.05) is 0 Å². The summed E-state index contributed by atoms with van der Waals surface area (Å²) in [4.78, 5) is 24.9. The zero-order valence-electron chi connectivity index (χ0n) is 10.1. The number of carboxylic acids is 1. The van der Waals surface area contributed by atoms with Gasteiger partial charge in [0, 0.05) is 6.07 Å². The van der Waals surface area contributed by atoms with Crippen molar-refractivity contribution in [1.82, 2.24) is 4.98 Å². The van der Waals surface area contributed by atoms with Gasteiger partial charge in [0.25, 0.3) is 5.88 Å². The molecule has 1 aromatic heterocycles. The Morgan fingerprint density at radius 1 is 1.43 bits per heavy atom. The fourth-order valence-electron chi connectivity index (χ4n) is 1.44. The quantitative estimate of drug-likeness (QED) is 0.644. The molecule has 1 aromatic carbocycles. The molecule has 0 aliphatic carbocycles. The first-order valence-corrected chi connectivity index (χ1v) is 6.56. The predicted octanol–water partition coefficient (Wildman–Crippen LogP) is 3.90. The molecule has 1 N–H and O–H groups in total. The van der Waals surface area contributed by atoms with E-state index in [4.69, 9.17) is 21.4 Å². The molecule has 7 nitrogen and oxygen atoms in total. The first-order valence-electron chi connectivity index (χ1n) is 5.39. The van der Waals surface area contributed by atoms with E-state index in [1.165, 1.54) is 24.4 Å². The molecule has 9 heteroatoms. The van der Waals surface area contributed by atoms with Crippen molar-refractivity contribution in [3.05, 3.63) is 55.6 Å². The number of aromatic carboxylic acids is 1. The van der Waals surface area contributed by atoms with Crippen LogP contribution in [0.4, 0.5) is 5.69 Å². The largest absolute Gasteiger partial charge is 0.478 e. The molecule has 21 heavy (non-hydrogen) atoms. The highest BCUT2D eigenvalue weighted by molar-refractivity contribution is 9.10. The lowest BCUT2D eigenvalue weighted by molar-refractivity contribution is -0.386. The van der Waals surface area contributed by atoms with Gasteiger partial charge in [0.15, 0.2) is 0 Å². The van der Waals surface area contributed by atoms with Crippen LogP contribution in [0.15, 0.2) is 34.9 Å². The molecular formula is C12H6BrClN2O5. The number of hydrogen-bond acceptors (Lipinski definition) is 5. The van der Waals surface area contributed by atoms with Crippen molar-refractivity contribution in [2.45, 2.75) is 0 Å². The normalized spacial score (nSPS) is 10.2. The molecule has 0 saturated heterocycles. The van der Waals surface area contributed by atoms with Gasteiger partial charge < -0.3 is 9.84 Å². The summed E-state index contributed by atoms with van der Waals surface area (Å²) in [6, 6.07) is 5.15. The molecule has 0 amide bonds. The maximum absolute atomic E-state index is 10.9. The molecule has 0 unspecified atom stereocenters. The van der Waals surface area contributed by atoms with Crippen molar-refractivity contribution in [2.75, 3.05) is 0 Å². The van der Waals surface area contributed by atoms with Gasteiger partial charge in [-0.3, -0.25) is 10.1 Å². The molecule has 2 rings (SSSR count). The zero-order valence-corrected chi connectivity index (χ0v) is 12.5. The summed E-state index contributed by atoms with van der Waals surface area (Å²) < 4.78 is 5.75. The van der Waals surface area contributed by atoms with Crippen LogP contribution in [0.1, 0.15) is 10.4 Å². The number of rotatable bonds is 4. The van der Waals surface area contributed by atoms with Crippen LogP contribution in [0, 0.1) is 10.1 Å². The van der Waals surface area contributed by atoms with Crippen molar-refractivity contribution in [3.8, 4) is 11.6 Å². The molecular weight excluding hydrogens is 367 g/mol. The summed E-state index contributed by atoms with van der Waals surface area (Å²) in [7, 11) is 0. The van der Waals surface area contributed by atoms with E-state index >= 15 is 0 Å². The Morgan fingerprint density at radius 3 is 2.76 bits per heavy atom. The average molecular weight is 374 g/mol. The Hall–Kier alpha value is -2.19. The SMILES string of the molecule is O=C(O)c1ccc(Br)c(Oc2ncc(Cl)cc2[N+](=O)[O-])c1.